The van der Waals surface area contributed by atoms with Gasteiger partial charge < -0.3 is 14.8 Å². The monoisotopic (exact) mass is 422 g/mol. The molecule has 28 heavy (non-hydrogen) atoms. The lowest BCUT2D eigenvalue weighted by Crippen LogP contribution is -2.38. The molecule has 1 N–H and O–H groups in total. The molecule has 1 saturated heterocycles. The number of carbonyl (C=O) groups excluding carboxylic acids is 1. The van der Waals surface area contributed by atoms with E-state index in [-0.39, 0.29) is 18.6 Å². The summed E-state index contributed by atoms with van der Waals surface area (Å²) in [6, 6.07) is 13.0. The van der Waals surface area contributed by atoms with E-state index in [4.69, 9.17) is 32.7 Å². The van der Waals surface area contributed by atoms with Gasteiger partial charge in [0.15, 0.2) is 6.61 Å². The fourth-order valence-corrected chi connectivity index (χ4v) is 3.82. The molecule has 2 aromatic rings. The number of hydrogen-bond donors (Lipinski definition) is 1. The average molecular weight is 423 g/mol. The molecule has 0 spiro atoms. The van der Waals surface area contributed by atoms with Crippen LogP contribution in [0, 0.1) is 0 Å². The molecule has 150 valence electrons. The zero-order valence-corrected chi connectivity index (χ0v) is 17.3. The van der Waals surface area contributed by atoms with Crippen LogP contribution >= 0.6 is 23.2 Å². The van der Waals surface area contributed by atoms with Gasteiger partial charge >= 0.3 is 0 Å². The fourth-order valence-electron chi connectivity index (χ4n) is 3.36. The third-order valence-corrected chi connectivity index (χ3v) is 5.34. The largest absolute Gasteiger partial charge is 0.497 e. The molecular formula is C21H24Cl2N2O3. The zero-order chi connectivity index (χ0) is 19.9. The van der Waals surface area contributed by atoms with Gasteiger partial charge in [-0.05, 0) is 61.8 Å². The molecule has 3 rings (SSSR count). The summed E-state index contributed by atoms with van der Waals surface area (Å²) in [7, 11) is 1.66. The SMILES string of the molecule is COc1cccc([C@@H](CNC(=O)COc2ccc(Cl)cc2Cl)N2CCCC2)c1. The van der Waals surface area contributed by atoms with Crippen LogP contribution < -0.4 is 14.8 Å². The maximum atomic E-state index is 12.3. The Labute approximate surface area is 175 Å². The summed E-state index contributed by atoms with van der Waals surface area (Å²) >= 11 is 11.9. The Kier molecular flexibility index (Phi) is 7.43. The highest BCUT2D eigenvalue weighted by Gasteiger charge is 2.24. The molecule has 0 unspecified atom stereocenters. The van der Waals surface area contributed by atoms with E-state index in [9.17, 15) is 4.79 Å². The molecule has 1 heterocycles. The first-order chi connectivity index (χ1) is 13.6. The van der Waals surface area contributed by atoms with Crippen molar-refractivity contribution in [1.82, 2.24) is 10.2 Å². The molecule has 0 saturated carbocycles. The summed E-state index contributed by atoms with van der Waals surface area (Å²) in [5.41, 5.74) is 1.13. The minimum absolute atomic E-state index is 0.0978. The van der Waals surface area contributed by atoms with Crippen LogP contribution in [-0.4, -0.2) is 44.2 Å². The highest BCUT2D eigenvalue weighted by Crippen LogP contribution is 2.28. The van der Waals surface area contributed by atoms with Gasteiger partial charge in [0.2, 0.25) is 0 Å². The first kappa shape index (κ1) is 20.8. The molecule has 1 fully saturated rings. The van der Waals surface area contributed by atoms with Crippen molar-refractivity contribution in [2.24, 2.45) is 0 Å². The lowest BCUT2D eigenvalue weighted by molar-refractivity contribution is -0.123. The Morgan fingerprint density at radius 3 is 2.68 bits per heavy atom. The van der Waals surface area contributed by atoms with E-state index in [1.807, 2.05) is 18.2 Å². The van der Waals surface area contributed by atoms with E-state index in [2.05, 4.69) is 16.3 Å². The molecular weight excluding hydrogens is 399 g/mol. The minimum Gasteiger partial charge on any atom is -0.497 e. The molecule has 1 amide bonds. The van der Waals surface area contributed by atoms with Gasteiger partial charge in [0.25, 0.3) is 5.91 Å². The van der Waals surface area contributed by atoms with Crippen molar-refractivity contribution in [3.63, 3.8) is 0 Å². The minimum atomic E-state index is -0.196. The van der Waals surface area contributed by atoms with Gasteiger partial charge in [0.05, 0.1) is 18.2 Å². The third-order valence-electron chi connectivity index (χ3n) is 4.81. The van der Waals surface area contributed by atoms with Crippen LogP contribution in [-0.2, 0) is 4.79 Å². The lowest BCUT2D eigenvalue weighted by atomic mass is 10.0. The zero-order valence-electron chi connectivity index (χ0n) is 15.8. The molecule has 1 atom stereocenters. The summed E-state index contributed by atoms with van der Waals surface area (Å²) in [5.74, 6) is 1.05. The number of amides is 1. The number of methoxy groups -OCH3 is 1. The van der Waals surface area contributed by atoms with E-state index in [0.29, 0.717) is 22.3 Å². The number of nitrogens with one attached hydrogen (secondary N) is 1. The van der Waals surface area contributed by atoms with Crippen LogP contribution in [0.2, 0.25) is 10.0 Å². The maximum absolute atomic E-state index is 12.3. The Bertz CT molecular complexity index is 810. The Balaban J connectivity index is 1.60. The Morgan fingerprint density at radius 2 is 1.96 bits per heavy atom. The first-order valence-corrected chi connectivity index (χ1v) is 10.0. The second-order valence-corrected chi connectivity index (χ2v) is 7.55. The van der Waals surface area contributed by atoms with Crippen LogP contribution in [0.15, 0.2) is 42.5 Å². The van der Waals surface area contributed by atoms with Gasteiger partial charge in [-0.2, -0.15) is 0 Å². The van der Waals surface area contributed by atoms with Gasteiger partial charge in [0.1, 0.15) is 11.5 Å². The quantitative estimate of drug-likeness (QED) is 0.687. The van der Waals surface area contributed by atoms with Gasteiger partial charge in [0, 0.05) is 11.6 Å². The number of ether oxygens (including phenoxy) is 2. The van der Waals surface area contributed by atoms with Crippen LogP contribution in [0.4, 0.5) is 0 Å². The lowest BCUT2D eigenvalue weighted by Gasteiger charge is -2.28. The highest BCUT2D eigenvalue weighted by molar-refractivity contribution is 6.35. The van der Waals surface area contributed by atoms with E-state index in [1.165, 1.54) is 12.8 Å². The average Bonchev–Trinajstić information content (AvgIpc) is 3.22. The van der Waals surface area contributed by atoms with Crippen molar-refractivity contribution >= 4 is 29.1 Å². The third kappa shape index (κ3) is 5.53. The predicted octanol–water partition coefficient (Wildman–Crippen LogP) is 4.33. The second-order valence-electron chi connectivity index (χ2n) is 6.70. The number of benzene rings is 2. The van der Waals surface area contributed by atoms with E-state index < -0.39 is 0 Å². The Hall–Kier alpha value is -1.95. The fraction of sp³-hybridized carbons (Fsp3) is 0.381. The standard InChI is InChI=1S/C21H24Cl2N2O3/c1-27-17-6-4-5-15(11-17)19(25-9-2-3-10-25)13-24-21(26)14-28-20-8-7-16(22)12-18(20)23/h4-8,11-12,19H,2-3,9-10,13-14H2,1H3,(H,24,26)/t19-/m1/s1. The molecule has 0 bridgehead atoms. The Morgan fingerprint density at radius 1 is 1.18 bits per heavy atom. The number of likely N-dealkylation sites (tertiary alicyclic amines) is 1. The molecule has 0 aliphatic carbocycles. The summed E-state index contributed by atoms with van der Waals surface area (Å²) in [6.07, 6.45) is 2.35. The van der Waals surface area contributed by atoms with Crippen molar-refractivity contribution in [2.75, 3.05) is 33.4 Å². The van der Waals surface area contributed by atoms with Crippen molar-refractivity contribution < 1.29 is 14.3 Å². The van der Waals surface area contributed by atoms with E-state index in [1.54, 1.807) is 25.3 Å². The van der Waals surface area contributed by atoms with Gasteiger partial charge in [-0.25, -0.2) is 0 Å². The summed E-state index contributed by atoms with van der Waals surface area (Å²) in [6.45, 7) is 2.44. The summed E-state index contributed by atoms with van der Waals surface area (Å²) in [5, 5.41) is 3.88. The number of carbonyl (C=O) groups is 1. The second kappa shape index (κ2) is 10.0. The van der Waals surface area contributed by atoms with Crippen LogP contribution in [0.5, 0.6) is 11.5 Å². The molecule has 0 aromatic heterocycles. The molecule has 1 aliphatic heterocycles. The topological polar surface area (TPSA) is 50.8 Å². The van der Waals surface area contributed by atoms with Crippen molar-refractivity contribution in [3.05, 3.63) is 58.1 Å². The smallest absolute Gasteiger partial charge is 0.258 e. The summed E-state index contributed by atoms with van der Waals surface area (Å²) in [4.78, 5) is 14.7. The van der Waals surface area contributed by atoms with Gasteiger partial charge in [-0.15, -0.1) is 0 Å². The van der Waals surface area contributed by atoms with Crippen molar-refractivity contribution in [3.8, 4) is 11.5 Å². The molecule has 2 aromatic carbocycles. The van der Waals surface area contributed by atoms with Crippen LogP contribution in [0.1, 0.15) is 24.4 Å². The van der Waals surface area contributed by atoms with Gasteiger partial charge in [-0.3, -0.25) is 9.69 Å². The number of rotatable bonds is 8. The highest BCUT2D eigenvalue weighted by atomic mass is 35.5. The molecule has 0 radical (unpaired) electrons. The summed E-state index contributed by atoms with van der Waals surface area (Å²) < 4.78 is 10.9. The van der Waals surface area contributed by atoms with Crippen molar-refractivity contribution in [2.45, 2.75) is 18.9 Å². The molecule has 1 aliphatic rings. The molecule has 7 heteroatoms. The van der Waals surface area contributed by atoms with Crippen LogP contribution in [0.25, 0.3) is 0 Å². The van der Waals surface area contributed by atoms with E-state index >= 15 is 0 Å². The number of hydrogen-bond acceptors (Lipinski definition) is 4. The van der Waals surface area contributed by atoms with Gasteiger partial charge in [-0.1, -0.05) is 35.3 Å². The van der Waals surface area contributed by atoms with Crippen LogP contribution in [0.3, 0.4) is 0 Å². The first-order valence-electron chi connectivity index (χ1n) is 9.29. The normalized spacial score (nSPS) is 15.2. The maximum Gasteiger partial charge on any atom is 0.258 e. The van der Waals surface area contributed by atoms with E-state index in [0.717, 1.165) is 24.4 Å². The molecule has 5 nitrogen and oxygen atoms in total. The van der Waals surface area contributed by atoms with Crippen molar-refractivity contribution in [1.29, 1.82) is 0 Å². The predicted molar refractivity (Wildman–Crippen MR) is 112 cm³/mol. The number of halogens is 2. The number of nitrogens with zero attached hydrogens (tertiary/aromatic N) is 1.